The quantitative estimate of drug-likeness (QED) is 0.628. The number of nitrogens with zero attached hydrogens (tertiary/aromatic N) is 1. The Morgan fingerprint density at radius 1 is 1.13 bits per heavy atom. The summed E-state index contributed by atoms with van der Waals surface area (Å²) in [6.07, 6.45) is 1.70. The number of hydrogen-bond donors (Lipinski definition) is 1. The van der Waals surface area contributed by atoms with E-state index in [0.29, 0.717) is 28.6 Å². The number of hydrogen-bond acceptors (Lipinski definition) is 6. The third-order valence-corrected chi connectivity index (χ3v) is 5.50. The Labute approximate surface area is 185 Å². The Morgan fingerprint density at radius 2 is 1.87 bits per heavy atom. The van der Waals surface area contributed by atoms with Gasteiger partial charge in [0.05, 0.1) is 18.6 Å². The second-order valence-electron chi connectivity index (χ2n) is 6.80. The van der Waals surface area contributed by atoms with E-state index >= 15 is 0 Å². The van der Waals surface area contributed by atoms with Gasteiger partial charge in [0.15, 0.2) is 11.5 Å². The molecule has 0 unspecified atom stereocenters. The second kappa shape index (κ2) is 10.2. The molecule has 0 bridgehead atoms. The van der Waals surface area contributed by atoms with Crippen LogP contribution in [0.25, 0.3) is 6.08 Å². The van der Waals surface area contributed by atoms with Gasteiger partial charge < -0.3 is 14.8 Å². The van der Waals surface area contributed by atoms with Crippen LogP contribution in [-0.2, 0) is 4.79 Å². The molecule has 7 nitrogen and oxygen atoms in total. The first kappa shape index (κ1) is 22.4. The largest absolute Gasteiger partial charge is 0.493 e. The van der Waals surface area contributed by atoms with E-state index in [1.165, 1.54) is 7.11 Å². The number of nitrogens with one attached hydrogen (secondary N) is 1. The summed E-state index contributed by atoms with van der Waals surface area (Å²) in [6, 6.07) is 12.6. The summed E-state index contributed by atoms with van der Waals surface area (Å²) in [6.45, 7) is 4.56. The molecule has 0 radical (unpaired) electrons. The van der Waals surface area contributed by atoms with Gasteiger partial charge in [0, 0.05) is 18.7 Å². The molecule has 0 spiro atoms. The van der Waals surface area contributed by atoms with E-state index in [1.54, 1.807) is 24.3 Å². The topological polar surface area (TPSA) is 84.9 Å². The van der Waals surface area contributed by atoms with Crippen molar-refractivity contribution in [3.8, 4) is 11.5 Å². The number of carbonyl (C=O) groups is 3. The molecule has 0 aliphatic carbocycles. The lowest BCUT2D eigenvalue weighted by Gasteiger charge is -2.14. The van der Waals surface area contributed by atoms with E-state index < -0.39 is 0 Å². The van der Waals surface area contributed by atoms with Crippen molar-refractivity contribution in [3.05, 3.63) is 64.1 Å². The molecular formula is C23H24N2O5S. The number of ether oxygens (including phenoxy) is 2. The number of methoxy groups -OCH3 is 1. The van der Waals surface area contributed by atoms with Crippen LogP contribution in [0.3, 0.4) is 0 Å². The first-order chi connectivity index (χ1) is 14.9. The monoisotopic (exact) mass is 440 g/mol. The van der Waals surface area contributed by atoms with E-state index in [4.69, 9.17) is 9.47 Å². The van der Waals surface area contributed by atoms with Crippen molar-refractivity contribution in [2.24, 2.45) is 0 Å². The van der Waals surface area contributed by atoms with Crippen LogP contribution >= 0.6 is 11.8 Å². The Morgan fingerprint density at radius 3 is 2.55 bits per heavy atom. The number of carbonyl (C=O) groups excluding carboxylic acids is 3. The SMILES string of the molecule is CCOc1ccc(C(=O)NCCN2C(=O)S/C(=C\c3ccc(C)cc3)C2=O)cc1OC. The maximum atomic E-state index is 12.6. The fourth-order valence-electron chi connectivity index (χ4n) is 2.97. The highest BCUT2D eigenvalue weighted by atomic mass is 32.2. The van der Waals surface area contributed by atoms with Crippen LogP contribution in [0.1, 0.15) is 28.4 Å². The Balaban J connectivity index is 1.58. The number of imide groups is 1. The van der Waals surface area contributed by atoms with E-state index in [9.17, 15) is 14.4 Å². The fraction of sp³-hybridized carbons (Fsp3) is 0.261. The maximum Gasteiger partial charge on any atom is 0.293 e. The standard InChI is InChI=1S/C23H24N2O5S/c1-4-30-18-10-9-17(14-19(18)29-3)21(26)24-11-12-25-22(27)20(31-23(25)28)13-16-7-5-15(2)6-8-16/h5-10,13-14H,4,11-12H2,1-3H3,(H,24,26)/b20-13-. The van der Waals surface area contributed by atoms with E-state index in [1.807, 2.05) is 38.1 Å². The zero-order valence-corrected chi connectivity index (χ0v) is 18.5. The summed E-state index contributed by atoms with van der Waals surface area (Å²) in [5.41, 5.74) is 2.37. The zero-order valence-electron chi connectivity index (χ0n) is 17.6. The first-order valence-electron chi connectivity index (χ1n) is 9.84. The molecule has 1 aliphatic rings. The average Bonchev–Trinajstić information content (AvgIpc) is 3.03. The van der Waals surface area contributed by atoms with E-state index in [0.717, 1.165) is 27.8 Å². The molecular weight excluding hydrogens is 416 g/mol. The third kappa shape index (κ3) is 5.46. The fourth-order valence-corrected chi connectivity index (χ4v) is 3.84. The molecule has 1 fully saturated rings. The molecule has 1 N–H and O–H groups in total. The molecule has 0 atom stereocenters. The van der Waals surface area contributed by atoms with Crippen LogP contribution in [0, 0.1) is 6.92 Å². The van der Waals surface area contributed by atoms with Gasteiger partial charge >= 0.3 is 0 Å². The summed E-state index contributed by atoms with van der Waals surface area (Å²) in [5, 5.41) is 2.38. The van der Waals surface area contributed by atoms with Gasteiger partial charge in [-0.3, -0.25) is 19.3 Å². The molecule has 1 saturated heterocycles. The van der Waals surface area contributed by atoms with Gasteiger partial charge in [-0.2, -0.15) is 0 Å². The van der Waals surface area contributed by atoms with Crippen LogP contribution in [0.15, 0.2) is 47.4 Å². The highest BCUT2D eigenvalue weighted by Gasteiger charge is 2.34. The summed E-state index contributed by atoms with van der Waals surface area (Å²) < 4.78 is 10.7. The first-order valence-corrected chi connectivity index (χ1v) is 10.7. The van der Waals surface area contributed by atoms with Gasteiger partial charge in [-0.25, -0.2) is 0 Å². The summed E-state index contributed by atoms with van der Waals surface area (Å²) in [5.74, 6) is 0.331. The van der Waals surface area contributed by atoms with E-state index in [-0.39, 0.29) is 30.1 Å². The molecule has 162 valence electrons. The molecule has 0 aromatic heterocycles. The Kier molecular flexibility index (Phi) is 7.36. The zero-order chi connectivity index (χ0) is 22.4. The van der Waals surface area contributed by atoms with Gasteiger partial charge in [0.25, 0.3) is 17.1 Å². The number of benzene rings is 2. The van der Waals surface area contributed by atoms with Crippen LogP contribution in [-0.4, -0.2) is 48.8 Å². The maximum absolute atomic E-state index is 12.6. The van der Waals surface area contributed by atoms with Crippen molar-refractivity contribution >= 4 is 34.9 Å². The number of rotatable bonds is 8. The van der Waals surface area contributed by atoms with Crippen molar-refractivity contribution in [2.45, 2.75) is 13.8 Å². The van der Waals surface area contributed by atoms with Gasteiger partial charge in [-0.15, -0.1) is 0 Å². The summed E-state index contributed by atoms with van der Waals surface area (Å²) in [7, 11) is 1.50. The van der Waals surface area contributed by atoms with Crippen molar-refractivity contribution in [1.82, 2.24) is 10.2 Å². The molecule has 0 saturated carbocycles. The minimum atomic E-state index is -0.354. The molecule has 2 aromatic carbocycles. The van der Waals surface area contributed by atoms with Crippen molar-refractivity contribution < 1.29 is 23.9 Å². The van der Waals surface area contributed by atoms with Gasteiger partial charge in [0.1, 0.15) is 0 Å². The molecule has 3 amide bonds. The van der Waals surface area contributed by atoms with Gasteiger partial charge in [-0.05, 0) is 55.4 Å². The highest BCUT2D eigenvalue weighted by molar-refractivity contribution is 8.18. The predicted octanol–water partition coefficient (Wildman–Crippen LogP) is 3.87. The van der Waals surface area contributed by atoms with Crippen molar-refractivity contribution in [1.29, 1.82) is 0 Å². The average molecular weight is 441 g/mol. The Hall–Kier alpha value is -3.26. The number of thioether (sulfide) groups is 1. The smallest absolute Gasteiger partial charge is 0.293 e. The minimum absolute atomic E-state index is 0.0931. The van der Waals surface area contributed by atoms with Crippen LogP contribution in [0.4, 0.5) is 4.79 Å². The minimum Gasteiger partial charge on any atom is -0.493 e. The number of aryl methyl sites for hydroxylation is 1. The molecule has 1 aliphatic heterocycles. The van der Waals surface area contributed by atoms with Gasteiger partial charge in [0.2, 0.25) is 0 Å². The lowest BCUT2D eigenvalue weighted by atomic mass is 10.1. The second-order valence-corrected chi connectivity index (χ2v) is 7.79. The summed E-state index contributed by atoms with van der Waals surface area (Å²) >= 11 is 0.903. The summed E-state index contributed by atoms with van der Waals surface area (Å²) in [4.78, 5) is 38.8. The molecule has 1 heterocycles. The lowest BCUT2D eigenvalue weighted by molar-refractivity contribution is -0.122. The molecule has 3 rings (SSSR count). The Bertz CT molecular complexity index is 1020. The lowest BCUT2D eigenvalue weighted by Crippen LogP contribution is -2.37. The molecule has 31 heavy (non-hydrogen) atoms. The van der Waals surface area contributed by atoms with E-state index in [2.05, 4.69) is 5.32 Å². The normalized spacial score (nSPS) is 14.8. The van der Waals surface area contributed by atoms with Crippen molar-refractivity contribution in [2.75, 3.05) is 26.8 Å². The highest BCUT2D eigenvalue weighted by Crippen LogP contribution is 2.32. The third-order valence-electron chi connectivity index (χ3n) is 4.60. The molecule has 2 aromatic rings. The van der Waals surface area contributed by atoms with Crippen LogP contribution in [0.5, 0.6) is 11.5 Å². The van der Waals surface area contributed by atoms with Crippen LogP contribution in [0.2, 0.25) is 0 Å². The van der Waals surface area contributed by atoms with Crippen LogP contribution < -0.4 is 14.8 Å². The van der Waals surface area contributed by atoms with Gasteiger partial charge in [-0.1, -0.05) is 29.8 Å². The van der Waals surface area contributed by atoms with Crippen molar-refractivity contribution in [3.63, 3.8) is 0 Å². The molecule has 8 heteroatoms. The predicted molar refractivity (Wildman–Crippen MR) is 120 cm³/mol. The number of amides is 3.